The Morgan fingerprint density at radius 3 is 2.48 bits per heavy atom. The quantitative estimate of drug-likeness (QED) is 0.815. The number of carbonyl (C=O) groups is 3. The van der Waals surface area contributed by atoms with E-state index in [1.54, 1.807) is 28.3 Å². The van der Waals surface area contributed by atoms with Gasteiger partial charge in [-0.2, -0.15) is 0 Å². The van der Waals surface area contributed by atoms with E-state index in [9.17, 15) is 14.4 Å². The first-order chi connectivity index (χ1) is 14.1. The van der Waals surface area contributed by atoms with Gasteiger partial charge >= 0.3 is 0 Å². The molecule has 2 aliphatic heterocycles. The molecule has 3 amide bonds. The van der Waals surface area contributed by atoms with E-state index in [-0.39, 0.29) is 17.7 Å². The third-order valence-corrected chi connectivity index (χ3v) is 6.44. The molecule has 0 saturated carbocycles. The summed E-state index contributed by atoms with van der Waals surface area (Å²) < 4.78 is 0. The Labute approximate surface area is 173 Å². The van der Waals surface area contributed by atoms with Crippen LogP contribution in [0.2, 0.25) is 0 Å². The van der Waals surface area contributed by atoms with Gasteiger partial charge in [0.1, 0.15) is 12.1 Å². The zero-order valence-corrected chi connectivity index (χ0v) is 16.9. The number of thiophene rings is 1. The minimum absolute atomic E-state index is 0.0891. The van der Waals surface area contributed by atoms with Crippen LogP contribution in [0.5, 0.6) is 0 Å². The van der Waals surface area contributed by atoms with Crippen LogP contribution in [0.1, 0.15) is 40.9 Å². The molecule has 29 heavy (non-hydrogen) atoms. The maximum absolute atomic E-state index is 13.3. The van der Waals surface area contributed by atoms with Crippen LogP contribution in [0.15, 0.2) is 42.0 Å². The Balaban J connectivity index is 1.41. The van der Waals surface area contributed by atoms with Gasteiger partial charge in [0.05, 0.1) is 4.88 Å². The second-order valence-corrected chi connectivity index (χ2v) is 8.34. The number of hydrogen-bond acceptors (Lipinski definition) is 5. The second kappa shape index (κ2) is 8.73. The topological polar surface area (TPSA) is 82.6 Å². The van der Waals surface area contributed by atoms with Gasteiger partial charge in [0.25, 0.3) is 5.91 Å². The number of nitrogens with zero attached hydrogens (tertiary/aromatic N) is 3. The predicted octanol–water partition coefficient (Wildman–Crippen LogP) is 2.06. The summed E-state index contributed by atoms with van der Waals surface area (Å²) in [7, 11) is 0. The Morgan fingerprint density at radius 2 is 1.76 bits per heavy atom. The summed E-state index contributed by atoms with van der Waals surface area (Å²) in [6.07, 6.45) is 6.28. The SMILES string of the molecule is O=C(NCc1ccncc1)[C@@H]1CCCN1C(=O)[C@H]1CCCN1C(=O)c1cccs1. The van der Waals surface area contributed by atoms with Crippen molar-refractivity contribution in [1.29, 1.82) is 0 Å². The molecule has 4 heterocycles. The molecule has 2 saturated heterocycles. The predicted molar refractivity (Wildman–Crippen MR) is 109 cm³/mol. The Hall–Kier alpha value is -2.74. The average Bonchev–Trinajstić information content (AvgIpc) is 3.52. The van der Waals surface area contributed by atoms with Crippen LogP contribution in [-0.4, -0.2) is 57.7 Å². The zero-order chi connectivity index (χ0) is 20.2. The van der Waals surface area contributed by atoms with E-state index in [1.807, 2.05) is 23.6 Å². The number of rotatable bonds is 5. The summed E-state index contributed by atoms with van der Waals surface area (Å²) in [5, 5.41) is 4.80. The van der Waals surface area contributed by atoms with Crippen LogP contribution in [-0.2, 0) is 16.1 Å². The number of hydrogen-bond donors (Lipinski definition) is 1. The summed E-state index contributed by atoms with van der Waals surface area (Å²) in [6, 6.07) is 6.39. The lowest BCUT2D eigenvalue weighted by Gasteiger charge is -2.30. The van der Waals surface area contributed by atoms with Crippen LogP contribution in [0.3, 0.4) is 0 Å². The zero-order valence-electron chi connectivity index (χ0n) is 16.1. The highest BCUT2D eigenvalue weighted by atomic mass is 32.1. The van der Waals surface area contributed by atoms with E-state index in [1.165, 1.54) is 11.3 Å². The number of nitrogens with one attached hydrogen (secondary N) is 1. The third kappa shape index (κ3) is 4.17. The summed E-state index contributed by atoms with van der Waals surface area (Å²) in [6.45, 7) is 1.55. The molecular weight excluding hydrogens is 388 g/mol. The highest BCUT2D eigenvalue weighted by Crippen LogP contribution is 2.27. The third-order valence-electron chi connectivity index (χ3n) is 5.59. The van der Waals surface area contributed by atoms with E-state index in [0.29, 0.717) is 37.4 Å². The number of aromatic nitrogens is 1. The molecule has 2 fully saturated rings. The van der Waals surface area contributed by atoms with Crippen LogP contribution in [0.25, 0.3) is 0 Å². The molecule has 2 atom stereocenters. The average molecular weight is 413 g/mol. The molecule has 0 spiro atoms. The molecule has 152 valence electrons. The van der Waals surface area contributed by atoms with Crippen LogP contribution >= 0.6 is 11.3 Å². The van der Waals surface area contributed by atoms with E-state index in [2.05, 4.69) is 10.3 Å². The van der Waals surface area contributed by atoms with Gasteiger partial charge in [-0.3, -0.25) is 19.4 Å². The molecule has 0 aromatic carbocycles. The standard InChI is InChI=1S/C21H24N4O3S/c26-19(23-14-15-7-9-22-10-8-15)16-4-1-11-24(16)20(27)17-5-2-12-25(17)21(28)18-6-3-13-29-18/h3,6-10,13,16-17H,1-2,4-5,11-12,14H2,(H,23,26)/t16-,17+/m0/s1. The minimum Gasteiger partial charge on any atom is -0.350 e. The fourth-order valence-electron chi connectivity index (χ4n) is 4.11. The van der Waals surface area contributed by atoms with Crippen LogP contribution < -0.4 is 5.32 Å². The second-order valence-electron chi connectivity index (χ2n) is 7.40. The van der Waals surface area contributed by atoms with Crippen LogP contribution in [0, 0.1) is 0 Å². The monoisotopic (exact) mass is 412 g/mol. The van der Waals surface area contributed by atoms with Crippen molar-refractivity contribution in [2.75, 3.05) is 13.1 Å². The lowest BCUT2D eigenvalue weighted by molar-refractivity contribution is -0.141. The van der Waals surface area contributed by atoms with E-state index in [4.69, 9.17) is 0 Å². The van der Waals surface area contributed by atoms with Gasteiger partial charge in [0.2, 0.25) is 11.8 Å². The molecule has 2 aromatic rings. The van der Waals surface area contributed by atoms with Gasteiger partial charge in [-0.05, 0) is 54.8 Å². The van der Waals surface area contributed by atoms with Crippen molar-refractivity contribution in [2.24, 2.45) is 0 Å². The first-order valence-corrected chi connectivity index (χ1v) is 10.8. The van der Waals surface area contributed by atoms with Crippen molar-refractivity contribution >= 4 is 29.1 Å². The number of likely N-dealkylation sites (tertiary alicyclic amines) is 2. The number of pyridine rings is 1. The van der Waals surface area contributed by atoms with Crippen LogP contribution in [0.4, 0.5) is 0 Å². The molecule has 0 bridgehead atoms. The molecule has 4 rings (SSSR count). The Bertz CT molecular complexity index is 871. The van der Waals surface area contributed by atoms with Crippen molar-refractivity contribution in [3.63, 3.8) is 0 Å². The molecule has 2 aromatic heterocycles. The lowest BCUT2D eigenvalue weighted by atomic mass is 10.1. The van der Waals surface area contributed by atoms with E-state index < -0.39 is 12.1 Å². The highest BCUT2D eigenvalue weighted by molar-refractivity contribution is 7.12. The van der Waals surface area contributed by atoms with Gasteiger partial charge < -0.3 is 15.1 Å². The maximum atomic E-state index is 13.3. The van der Waals surface area contributed by atoms with Crippen molar-refractivity contribution in [2.45, 2.75) is 44.3 Å². The summed E-state index contributed by atoms with van der Waals surface area (Å²) in [4.78, 5) is 46.8. The van der Waals surface area contributed by atoms with Crippen molar-refractivity contribution < 1.29 is 14.4 Å². The van der Waals surface area contributed by atoms with E-state index >= 15 is 0 Å². The van der Waals surface area contributed by atoms with Gasteiger partial charge in [-0.15, -0.1) is 11.3 Å². The molecule has 7 nitrogen and oxygen atoms in total. The maximum Gasteiger partial charge on any atom is 0.264 e. The highest BCUT2D eigenvalue weighted by Gasteiger charge is 2.42. The van der Waals surface area contributed by atoms with E-state index in [0.717, 1.165) is 18.4 Å². The fraction of sp³-hybridized carbons (Fsp3) is 0.429. The van der Waals surface area contributed by atoms with Crippen molar-refractivity contribution in [3.05, 3.63) is 52.5 Å². The largest absolute Gasteiger partial charge is 0.350 e. The van der Waals surface area contributed by atoms with Crippen molar-refractivity contribution in [3.8, 4) is 0 Å². The molecule has 0 unspecified atom stereocenters. The summed E-state index contributed by atoms with van der Waals surface area (Å²) in [5.74, 6) is -0.329. The molecular formula is C21H24N4O3S. The molecule has 0 radical (unpaired) electrons. The Kier molecular flexibility index (Phi) is 5.89. The summed E-state index contributed by atoms with van der Waals surface area (Å²) >= 11 is 1.39. The van der Waals surface area contributed by atoms with Gasteiger partial charge in [0, 0.05) is 32.0 Å². The molecule has 2 aliphatic rings. The first-order valence-electron chi connectivity index (χ1n) is 9.96. The smallest absolute Gasteiger partial charge is 0.264 e. The number of amides is 3. The lowest BCUT2D eigenvalue weighted by Crippen LogP contribution is -2.52. The number of carbonyl (C=O) groups excluding carboxylic acids is 3. The Morgan fingerprint density at radius 1 is 1.03 bits per heavy atom. The first kappa shape index (κ1) is 19.6. The fourth-order valence-corrected chi connectivity index (χ4v) is 4.79. The van der Waals surface area contributed by atoms with Gasteiger partial charge in [0.15, 0.2) is 0 Å². The summed E-state index contributed by atoms with van der Waals surface area (Å²) in [5.41, 5.74) is 0.965. The normalized spacial score (nSPS) is 21.4. The molecule has 0 aliphatic carbocycles. The van der Waals surface area contributed by atoms with Gasteiger partial charge in [-0.1, -0.05) is 6.07 Å². The molecule has 8 heteroatoms. The van der Waals surface area contributed by atoms with Crippen molar-refractivity contribution in [1.82, 2.24) is 20.1 Å². The molecule has 1 N–H and O–H groups in total. The minimum atomic E-state index is -0.474. The van der Waals surface area contributed by atoms with Gasteiger partial charge in [-0.25, -0.2) is 0 Å².